The van der Waals surface area contributed by atoms with E-state index in [0.717, 1.165) is 66.0 Å². The Kier molecular flexibility index (Phi) is 5.14. The summed E-state index contributed by atoms with van der Waals surface area (Å²) in [5.74, 6) is 0. The number of hydrogen-bond acceptors (Lipinski definition) is 3. The van der Waals surface area contributed by atoms with E-state index in [0.29, 0.717) is 0 Å². The quantitative estimate of drug-likeness (QED) is 0.176. The summed E-state index contributed by atoms with van der Waals surface area (Å²) < 4.78 is 0. The number of aromatic nitrogens is 3. The van der Waals surface area contributed by atoms with Gasteiger partial charge in [-0.25, -0.2) is 9.97 Å². The first-order valence-electron chi connectivity index (χ1n) is 13.5. The van der Waals surface area contributed by atoms with Crippen molar-refractivity contribution in [2.24, 2.45) is 0 Å². The van der Waals surface area contributed by atoms with Crippen LogP contribution in [0.15, 0.2) is 140 Å². The molecule has 0 fully saturated rings. The Labute approximate surface area is 231 Å². The second-order valence-corrected chi connectivity index (χ2v) is 10.1. The highest BCUT2D eigenvalue weighted by molar-refractivity contribution is 6.14. The molecule has 3 aromatic heterocycles. The van der Waals surface area contributed by atoms with Crippen LogP contribution < -0.4 is 0 Å². The van der Waals surface area contributed by atoms with Crippen LogP contribution in [-0.2, 0) is 0 Å². The number of nitrogens with zero attached hydrogens (tertiary/aromatic N) is 3. The van der Waals surface area contributed by atoms with Crippen molar-refractivity contribution < 1.29 is 0 Å². The monoisotopic (exact) mass is 509 g/mol. The minimum absolute atomic E-state index is 0.878. The highest BCUT2D eigenvalue weighted by Crippen LogP contribution is 2.37. The second kappa shape index (κ2) is 9.11. The van der Waals surface area contributed by atoms with Gasteiger partial charge in [0.2, 0.25) is 0 Å². The van der Waals surface area contributed by atoms with Crippen molar-refractivity contribution in [3.8, 4) is 33.5 Å². The number of benzene rings is 5. The molecule has 5 aromatic carbocycles. The first-order valence-corrected chi connectivity index (χ1v) is 13.5. The van der Waals surface area contributed by atoms with Crippen LogP contribution in [0.25, 0.3) is 77.1 Å². The number of hydrogen-bond donors (Lipinski definition) is 0. The molecule has 0 amide bonds. The number of pyridine rings is 3. The maximum Gasteiger partial charge on any atom is 0.0974 e. The van der Waals surface area contributed by atoms with Gasteiger partial charge in [0, 0.05) is 33.3 Å². The van der Waals surface area contributed by atoms with Gasteiger partial charge in [-0.1, -0.05) is 103 Å². The lowest BCUT2D eigenvalue weighted by Gasteiger charge is -2.14. The summed E-state index contributed by atoms with van der Waals surface area (Å²) in [5, 5.41) is 4.29. The Morgan fingerprint density at radius 1 is 0.375 bits per heavy atom. The molecule has 0 unspecified atom stereocenters. The van der Waals surface area contributed by atoms with Crippen molar-refractivity contribution in [2.75, 3.05) is 0 Å². The topological polar surface area (TPSA) is 38.7 Å². The zero-order chi connectivity index (χ0) is 26.5. The molecule has 3 heteroatoms. The zero-order valence-electron chi connectivity index (χ0n) is 21.6. The standard InChI is InChI=1S/C37H23N3/c1-3-10-24(11-4-1)28-20-29(25-12-5-2-6-13-25)22-30(21-28)34-31-15-7-8-16-32(31)37-33(39-34)23-27-18-17-26-14-9-19-38-35(26)36(27)40-37/h1-23H. The average Bonchev–Trinajstić information content (AvgIpc) is 3.04. The lowest BCUT2D eigenvalue weighted by molar-refractivity contribution is 1.38. The Morgan fingerprint density at radius 2 is 1.00 bits per heavy atom. The van der Waals surface area contributed by atoms with Crippen LogP contribution in [0.5, 0.6) is 0 Å². The van der Waals surface area contributed by atoms with Gasteiger partial charge in [0.05, 0.1) is 27.8 Å². The molecule has 0 aliphatic heterocycles. The third-order valence-electron chi connectivity index (χ3n) is 7.63. The fourth-order valence-electron chi connectivity index (χ4n) is 5.70. The molecule has 3 nitrogen and oxygen atoms in total. The molecule has 8 aromatic rings. The van der Waals surface area contributed by atoms with E-state index in [9.17, 15) is 0 Å². The number of rotatable bonds is 3. The maximum atomic E-state index is 5.29. The minimum atomic E-state index is 0.878. The van der Waals surface area contributed by atoms with Gasteiger partial charge in [0.1, 0.15) is 0 Å². The molecule has 40 heavy (non-hydrogen) atoms. The summed E-state index contributed by atoms with van der Waals surface area (Å²) in [6.07, 6.45) is 1.83. The van der Waals surface area contributed by atoms with E-state index in [1.807, 2.05) is 12.3 Å². The van der Waals surface area contributed by atoms with Gasteiger partial charge < -0.3 is 0 Å². The minimum Gasteiger partial charge on any atom is -0.254 e. The van der Waals surface area contributed by atoms with E-state index >= 15 is 0 Å². The third-order valence-corrected chi connectivity index (χ3v) is 7.63. The average molecular weight is 510 g/mol. The molecule has 0 saturated carbocycles. The van der Waals surface area contributed by atoms with Gasteiger partial charge in [-0.15, -0.1) is 0 Å². The van der Waals surface area contributed by atoms with E-state index in [-0.39, 0.29) is 0 Å². The highest BCUT2D eigenvalue weighted by atomic mass is 14.8. The van der Waals surface area contributed by atoms with Crippen molar-refractivity contribution in [1.29, 1.82) is 0 Å². The first kappa shape index (κ1) is 22.6. The summed E-state index contributed by atoms with van der Waals surface area (Å²) in [6, 6.07) is 46.8. The lowest BCUT2D eigenvalue weighted by atomic mass is 9.93. The van der Waals surface area contributed by atoms with E-state index < -0.39 is 0 Å². The molecule has 0 aliphatic carbocycles. The molecular weight excluding hydrogens is 486 g/mol. The van der Waals surface area contributed by atoms with Crippen molar-refractivity contribution >= 4 is 43.6 Å². The van der Waals surface area contributed by atoms with Crippen LogP contribution in [-0.4, -0.2) is 15.0 Å². The third kappa shape index (κ3) is 3.71. The molecule has 186 valence electrons. The summed E-state index contributed by atoms with van der Waals surface area (Å²) >= 11 is 0. The van der Waals surface area contributed by atoms with E-state index in [2.05, 4.69) is 132 Å². The molecular formula is C37H23N3. The van der Waals surface area contributed by atoms with Crippen molar-refractivity contribution in [3.05, 3.63) is 140 Å². The van der Waals surface area contributed by atoms with Gasteiger partial charge in [-0.3, -0.25) is 4.98 Å². The molecule has 8 rings (SSSR count). The lowest BCUT2D eigenvalue weighted by Crippen LogP contribution is -1.94. The van der Waals surface area contributed by atoms with Gasteiger partial charge in [-0.2, -0.15) is 0 Å². The summed E-state index contributed by atoms with van der Waals surface area (Å²) in [7, 11) is 0. The number of fused-ring (bicyclic) bond motifs is 6. The first-order chi connectivity index (χ1) is 19.8. The maximum absolute atomic E-state index is 5.29. The van der Waals surface area contributed by atoms with Crippen molar-refractivity contribution in [2.45, 2.75) is 0 Å². The van der Waals surface area contributed by atoms with Crippen LogP contribution >= 0.6 is 0 Å². The molecule has 0 N–H and O–H groups in total. The van der Waals surface area contributed by atoms with E-state index in [1.54, 1.807) is 0 Å². The Hall–Kier alpha value is -5.41. The van der Waals surface area contributed by atoms with Crippen LogP contribution in [0.2, 0.25) is 0 Å². The molecule has 0 aliphatic rings. The predicted octanol–water partition coefficient (Wildman–Crippen LogP) is 9.49. The van der Waals surface area contributed by atoms with E-state index in [1.165, 1.54) is 11.1 Å². The molecule has 3 heterocycles. The Bertz CT molecular complexity index is 2150. The summed E-state index contributed by atoms with van der Waals surface area (Å²) in [5.41, 5.74) is 10.3. The van der Waals surface area contributed by atoms with Gasteiger partial charge in [-0.05, 0) is 52.6 Å². The zero-order valence-corrected chi connectivity index (χ0v) is 21.6. The molecule has 0 saturated heterocycles. The van der Waals surface area contributed by atoms with Gasteiger partial charge in [0.15, 0.2) is 0 Å². The highest BCUT2D eigenvalue weighted by Gasteiger charge is 2.15. The predicted molar refractivity (Wildman–Crippen MR) is 166 cm³/mol. The van der Waals surface area contributed by atoms with Gasteiger partial charge in [0.25, 0.3) is 0 Å². The molecule has 0 spiro atoms. The van der Waals surface area contributed by atoms with E-state index in [4.69, 9.17) is 9.97 Å². The van der Waals surface area contributed by atoms with Crippen LogP contribution in [0.1, 0.15) is 0 Å². The summed E-state index contributed by atoms with van der Waals surface area (Å²) in [4.78, 5) is 15.1. The Morgan fingerprint density at radius 3 is 1.73 bits per heavy atom. The fraction of sp³-hybridized carbons (Fsp3) is 0. The normalized spacial score (nSPS) is 11.5. The summed E-state index contributed by atoms with van der Waals surface area (Å²) in [6.45, 7) is 0. The largest absolute Gasteiger partial charge is 0.254 e. The van der Waals surface area contributed by atoms with Gasteiger partial charge >= 0.3 is 0 Å². The smallest absolute Gasteiger partial charge is 0.0974 e. The Balaban J connectivity index is 1.44. The van der Waals surface area contributed by atoms with Crippen LogP contribution in [0.4, 0.5) is 0 Å². The van der Waals surface area contributed by atoms with Crippen molar-refractivity contribution in [1.82, 2.24) is 15.0 Å². The molecule has 0 radical (unpaired) electrons. The second-order valence-electron chi connectivity index (χ2n) is 10.1. The molecule has 0 bridgehead atoms. The fourth-order valence-corrected chi connectivity index (χ4v) is 5.70. The molecule has 0 atom stereocenters. The van der Waals surface area contributed by atoms with Crippen LogP contribution in [0.3, 0.4) is 0 Å². The van der Waals surface area contributed by atoms with Crippen LogP contribution in [0, 0.1) is 0 Å². The van der Waals surface area contributed by atoms with Crippen molar-refractivity contribution in [3.63, 3.8) is 0 Å². The SMILES string of the molecule is c1ccc(-c2cc(-c3ccccc3)cc(-c3nc4cc5ccc6cccnc6c5nc4c4ccccc34)c2)cc1.